The average Bonchev–Trinajstić information content (AvgIpc) is 2.98. The zero-order valence-electron chi connectivity index (χ0n) is 15.6. The Morgan fingerprint density at radius 2 is 1.89 bits per heavy atom. The predicted molar refractivity (Wildman–Crippen MR) is 90.3 cm³/mol. The van der Waals surface area contributed by atoms with Gasteiger partial charge in [0.15, 0.2) is 0 Å². The Morgan fingerprint density at radius 1 is 1.26 bits per heavy atom. The maximum atomic E-state index is 13.6. The van der Waals surface area contributed by atoms with E-state index in [2.05, 4.69) is 0 Å². The fourth-order valence-electron chi connectivity index (χ4n) is 2.44. The molecule has 1 aromatic rings. The Balaban J connectivity index is 2.21. The highest BCUT2D eigenvalue weighted by molar-refractivity contribution is 5.72. The van der Waals surface area contributed by atoms with Crippen LogP contribution < -0.4 is 11.2 Å². The summed E-state index contributed by atoms with van der Waals surface area (Å²) in [4.78, 5) is 48.6. The number of aromatic nitrogens is 2. The average molecular weight is 386 g/mol. The van der Waals surface area contributed by atoms with Crippen LogP contribution in [0, 0.1) is 17.7 Å². The molecule has 0 bridgehead atoms. The summed E-state index contributed by atoms with van der Waals surface area (Å²) >= 11 is 0. The van der Waals surface area contributed by atoms with Gasteiger partial charge in [-0.15, -0.1) is 0 Å². The van der Waals surface area contributed by atoms with Crippen molar-refractivity contribution in [1.29, 1.82) is 0 Å². The zero-order valence-corrected chi connectivity index (χ0v) is 15.6. The first-order valence-electron chi connectivity index (χ1n) is 8.63. The number of esters is 2. The van der Waals surface area contributed by atoms with Crippen LogP contribution in [-0.4, -0.2) is 40.3 Å². The standard InChI is InChI=1S/C17H23FN2O7/c1-8(2)15(22)25-7-12-11(27-16(23)9(3)4)5-13(26-12)20-6-10(18)14(21)19-17(20)24/h6,8-9,11-13H,5,7H2,1-4H3,(H,19,21,24)/t11?,12-,13-/m0/s1. The van der Waals surface area contributed by atoms with Gasteiger partial charge in [-0.3, -0.25) is 23.9 Å². The molecule has 9 nitrogen and oxygen atoms in total. The van der Waals surface area contributed by atoms with E-state index in [1.54, 1.807) is 27.7 Å². The minimum absolute atomic E-state index is 0.0355. The van der Waals surface area contributed by atoms with Crippen LogP contribution in [0.25, 0.3) is 0 Å². The third-order valence-electron chi connectivity index (χ3n) is 4.02. The van der Waals surface area contributed by atoms with Crippen molar-refractivity contribution in [2.24, 2.45) is 11.8 Å². The summed E-state index contributed by atoms with van der Waals surface area (Å²) in [6.45, 7) is 6.46. The Bertz CT molecular complexity index is 814. The molecule has 3 atom stereocenters. The highest BCUT2D eigenvalue weighted by atomic mass is 19.1. The van der Waals surface area contributed by atoms with Gasteiger partial charge >= 0.3 is 17.6 Å². The van der Waals surface area contributed by atoms with E-state index in [1.165, 1.54) is 0 Å². The molecule has 2 heterocycles. The lowest BCUT2D eigenvalue weighted by Crippen LogP contribution is -2.34. The number of nitrogens with one attached hydrogen (secondary N) is 1. The molecule has 1 fully saturated rings. The molecule has 150 valence electrons. The molecule has 0 saturated carbocycles. The second-order valence-electron chi connectivity index (χ2n) is 6.92. The van der Waals surface area contributed by atoms with E-state index in [0.29, 0.717) is 0 Å². The minimum atomic E-state index is -1.15. The SMILES string of the molecule is CC(C)C(=O)OC[C@@H]1O[C@H](n2cc(F)c(=O)[nH]c2=O)CC1OC(=O)C(C)C. The summed E-state index contributed by atoms with van der Waals surface area (Å²) in [6.07, 6.45) is -1.85. The highest BCUT2D eigenvalue weighted by Crippen LogP contribution is 2.30. The van der Waals surface area contributed by atoms with E-state index in [1.807, 2.05) is 4.98 Å². The molecular formula is C17H23FN2O7. The van der Waals surface area contributed by atoms with E-state index in [-0.39, 0.29) is 18.9 Å². The van der Waals surface area contributed by atoms with Gasteiger partial charge < -0.3 is 14.2 Å². The van der Waals surface area contributed by atoms with Gasteiger partial charge in [-0.05, 0) is 0 Å². The van der Waals surface area contributed by atoms with Crippen LogP contribution in [0.3, 0.4) is 0 Å². The largest absolute Gasteiger partial charge is 0.463 e. The van der Waals surface area contributed by atoms with Crippen LogP contribution in [0.5, 0.6) is 0 Å². The van der Waals surface area contributed by atoms with E-state index in [0.717, 1.165) is 10.8 Å². The monoisotopic (exact) mass is 386 g/mol. The van der Waals surface area contributed by atoms with Crippen molar-refractivity contribution in [3.8, 4) is 0 Å². The van der Waals surface area contributed by atoms with Crippen LogP contribution >= 0.6 is 0 Å². The topological polar surface area (TPSA) is 117 Å². The smallest absolute Gasteiger partial charge is 0.330 e. The molecule has 0 spiro atoms. The second kappa shape index (κ2) is 8.47. The van der Waals surface area contributed by atoms with Gasteiger partial charge in [0.1, 0.15) is 25.0 Å². The van der Waals surface area contributed by atoms with Crippen molar-refractivity contribution in [3.05, 3.63) is 32.9 Å². The molecule has 0 amide bonds. The summed E-state index contributed by atoms with van der Waals surface area (Å²) in [7, 11) is 0. The van der Waals surface area contributed by atoms with Gasteiger partial charge in [-0.1, -0.05) is 27.7 Å². The number of H-pyrrole nitrogens is 1. The molecule has 2 rings (SSSR count). The summed E-state index contributed by atoms with van der Waals surface area (Å²) in [5.74, 6) is -2.83. The number of halogens is 1. The lowest BCUT2D eigenvalue weighted by atomic mass is 10.1. The van der Waals surface area contributed by atoms with Crippen molar-refractivity contribution in [3.63, 3.8) is 0 Å². The second-order valence-corrected chi connectivity index (χ2v) is 6.92. The summed E-state index contributed by atoms with van der Waals surface area (Å²) in [5.41, 5.74) is -2.00. The first kappa shape index (κ1) is 20.8. The number of aromatic amines is 1. The third-order valence-corrected chi connectivity index (χ3v) is 4.02. The molecule has 0 radical (unpaired) electrons. The summed E-state index contributed by atoms with van der Waals surface area (Å²) < 4.78 is 30.6. The van der Waals surface area contributed by atoms with Crippen LogP contribution in [-0.2, 0) is 23.8 Å². The molecule has 0 aliphatic carbocycles. The molecule has 0 aromatic carbocycles. The Morgan fingerprint density at radius 3 is 2.48 bits per heavy atom. The molecule has 1 saturated heterocycles. The molecule has 27 heavy (non-hydrogen) atoms. The predicted octanol–water partition coefficient (Wildman–Crippen LogP) is 0.730. The first-order chi connectivity index (χ1) is 12.6. The van der Waals surface area contributed by atoms with E-state index in [4.69, 9.17) is 14.2 Å². The maximum Gasteiger partial charge on any atom is 0.330 e. The van der Waals surface area contributed by atoms with Crippen LogP contribution in [0.2, 0.25) is 0 Å². The van der Waals surface area contributed by atoms with Gasteiger partial charge in [0.2, 0.25) is 5.82 Å². The van der Waals surface area contributed by atoms with E-state index in [9.17, 15) is 23.6 Å². The van der Waals surface area contributed by atoms with Crippen LogP contribution in [0.4, 0.5) is 4.39 Å². The fourth-order valence-corrected chi connectivity index (χ4v) is 2.44. The number of carbonyl (C=O) groups excluding carboxylic acids is 2. The van der Waals surface area contributed by atoms with Gasteiger partial charge in [-0.25, -0.2) is 4.79 Å². The quantitative estimate of drug-likeness (QED) is 0.716. The molecule has 1 aromatic heterocycles. The highest BCUT2D eigenvalue weighted by Gasteiger charge is 2.40. The lowest BCUT2D eigenvalue weighted by Gasteiger charge is -2.20. The summed E-state index contributed by atoms with van der Waals surface area (Å²) in [6, 6.07) is 0. The van der Waals surface area contributed by atoms with Gasteiger partial charge in [0, 0.05) is 6.42 Å². The van der Waals surface area contributed by atoms with Gasteiger partial charge in [0.05, 0.1) is 18.0 Å². The molecule has 10 heteroatoms. The number of rotatable bonds is 6. The first-order valence-corrected chi connectivity index (χ1v) is 8.63. The molecular weight excluding hydrogens is 363 g/mol. The molecule has 1 unspecified atom stereocenters. The number of hydrogen-bond donors (Lipinski definition) is 1. The van der Waals surface area contributed by atoms with Crippen LogP contribution in [0.15, 0.2) is 15.8 Å². The Labute approximate surface area is 154 Å². The van der Waals surface area contributed by atoms with Crippen molar-refractivity contribution in [2.45, 2.75) is 52.6 Å². The lowest BCUT2D eigenvalue weighted by molar-refractivity contribution is -0.162. The van der Waals surface area contributed by atoms with Crippen molar-refractivity contribution in [2.75, 3.05) is 6.61 Å². The fraction of sp³-hybridized carbons (Fsp3) is 0.647. The van der Waals surface area contributed by atoms with E-state index < -0.39 is 53.4 Å². The van der Waals surface area contributed by atoms with E-state index >= 15 is 0 Å². The maximum absolute atomic E-state index is 13.6. The number of hydrogen-bond acceptors (Lipinski definition) is 7. The van der Waals surface area contributed by atoms with Crippen LogP contribution in [0.1, 0.15) is 40.3 Å². The third kappa shape index (κ3) is 5.03. The molecule has 1 aliphatic rings. The number of carbonyl (C=O) groups is 2. The van der Waals surface area contributed by atoms with Crippen molar-refractivity contribution in [1.82, 2.24) is 9.55 Å². The zero-order chi connectivity index (χ0) is 20.3. The van der Waals surface area contributed by atoms with Crippen molar-refractivity contribution < 1.29 is 28.2 Å². The molecule has 1 aliphatic heterocycles. The summed E-state index contributed by atoms with van der Waals surface area (Å²) in [5, 5.41) is 0. The molecule has 1 N–H and O–H groups in total. The van der Waals surface area contributed by atoms with Gasteiger partial charge in [0.25, 0.3) is 5.56 Å². The minimum Gasteiger partial charge on any atom is -0.463 e. The van der Waals surface area contributed by atoms with Crippen molar-refractivity contribution >= 4 is 11.9 Å². The Kier molecular flexibility index (Phi) is 6.53. The normalized spacial score (nSPS) is 22.3. The van der Waals surface area contributed by atoms with Gasteiger partial charge in [-0.2, -0.15) is 4.39 Å². The Hall–Kier alpha value is -2.49. The number of ether oxygens (including phenoxy) is 3. The number of nitrogens with zero attached hydrogens (tertiary/aromatic N) is 1.